The van der Waals surface area contributed by atoms with Crippen molar-refractivity contribution in [3.8, 4) is 11.5 Å². The standard InChI is InChI=1S/C23H22N4OS/c1-2-27-22(15-18-9-4-3-5-10-18)25-26-23(27)29-17-19-11-6-7-13-21(19)28-20-12-8-14-24-16-20/h3-14,16H,2,15,17H2,1H3. The molecule has 0 saturated heterocycles. The normalized spacial score (nSPS) is 10.8. The average molecular weight is 403 g/mol. The van der Waals surface area contributed by atoms with E-state index in [4.69, 9.17) is 4.74 Å². The van der Waals surface area contributed by atoms with Gasteiger partial charge in [0.05, 0.1) is 6.20 Å². The zero-order chi connectivity index (χ0) is 19.9. The summed E-state index contributed by atoms with van der Waals surface area (Å²) in [5, 5.41) is 9.80. The number of para-hydroxylation sites is 1. The fraction of sp³-hybridized carbons (Fsp3) is 0.174. The second kappa shape index (κ2) is 9.39. The Labute approximate surface area is 174 Å². The summed E-state index contributed by atoms with van der Waals surface area (Å²) in [6.45, 7) is 2.96. The van der Waals surface area contributed by atoms with Gasteiger partial charge < -0.3 is 9.30 Å². The molecule has 4 rings (SSSR count). The van der Waals surface area contributed by atoms with E-state index < -0.39 is 0 Å². The van der Waals surface area contributed by atoms with Crippen LogP contribution in [0.4, 0.5) is 0 Å². The van der Waals surface area contributed by atoms with Crippen LogP contribution in [0.15, 0.2) is 84.3 Å². The minimum absolute atomic E-state index is 0.729. The number of hydrogen-bond acceptors (Lipinski definition) is 5. The number of rotatable bonds is 8. The van der Waals surface area contributed by atoms with E-state index in [9.17, 15) is 0 Å². The molecule has 2 aromatic heterocycles. The molecule has 2 aromatic carbocycles. The molecular formula is C23H22N4OS. The summed E-state index contributed by atoms with van der Waals surface area (Å²) in [7, 11) is 0. The van der Waals surface area contributed by atoms with Gasteiger partial charge >= 0.3 is 0 Å². The Morgan fingerprint density at radius 3 is 2.55 bits per heavy atom. The van der Waals surface area contributed by atoms with Gasteiger partial charge in [-0.3, -0.25) is 4.98 Å². The molecule has 4 aromatic rings. The third kappa shape index (κ3) is 4.84. The fourth-order valence-electron chi connectivity index (χ4n) is 3.05. The summed E-state index contributed by atoms with van der Waals surface area (Å²) in [5.41, 5.74) is 2.35. The van der Waals surface area contributed by atoms with E-state index in [0.29, 0.717) is 0 Å². The van der Waals surface area contributed by atoms with E-state index in [-0.39, 0.29) is 0 Å². The van der Waals surface area contributed by atoms with Gasteiger partial charge in [-0.1, -0.05) is 60.3 Å². The van der Waals surface area contributed by atoms with Gasteiger partial charge in [-0.15, -0.1) is 10.2 Å². The second-order valence-corrected chi connectivity index (χ2v) is 7.44. The van der Waals surface area contributed by atoms with Crippen molar-refractivity contribution in [1.29, 1.82) is 0 Å². The second-order valence-electron chi connectivity index (χ2n) is 6.49. The Hall–Kier alpha value is -3.12. The van der Waals surface area contributed by atoms with E-state index >= 15 is 0 Å². The number of pyridine rings is 1. The first-order valence-electron chi connectivity index (χ1n) is 9.58. The van der Waals surface area contributed by atoms with Crippen LogP contribution in [0, 0.1) is 0 Å². The lowest BCUT2D eigenvalue weighted by Crippen LogP contribution is -2.04. The number of benzene rings is 2. The summed E-state index contributed by atoms with van der Waals surface area (Å²) >= 11 is 1.67. The highest BCUT2D eigenvalue weighted by Gasteiger charge is 2.13. The Morgan fingerprint density at radius 1 is 0.931 bits per heavy atom. The molecule has 0 aliphatic heterocycles. The topological polar surface area (TPSA) is 52.8 Å². The van der Waals surface area contributed by atoms with Crippen molar-refractivity contribution in [3.05, 3.63) is 96.1 Å². The predicted molar refractivity (Wildman–Crippen MR) is 115 cm³/mol. The van der Waals surface area contributed by atoms with Gasteiger partial charge in [-0.25, -0.2) is 0 Å². The molecule has 0 spiro atoms. The molecule has 146 valence electrons. The summed E-state index contributed by atoms with van der Waals surface area (Å²) in [6.07, 6.45) is 4.23. The van der Waals surface area contributed by atoms with Crippen LogP contribution in [0.2, 0.25) is 0 Å². The monoisotopic (exact) mass is 402 g/mol. The van der Waals surface area contributed by atoms with Crippen LogP contribution in [0.3, 0.4) is 0 Å². The molecule has 0 bridgehead atoms. The third-order valence-electron chi connectivity index (χ3n) is 4.51. The van der Waals surface area contributed by atoms with E-state index in [2.05, 4.69) is 57.0 Å². The van der Waals surface area contributed by atoms with E-state index in [0.717, 1.165) is 46.8 Å². The number of ether oxygens (including phenoxy) is 1. The summed E-state index contributed by atoms with van der Waals surface area (Å²) in [4.78, 5) is 4.11. The molecule has 5 nitrogen and oxygen atoms in total. The molecular weight excluding hydrogens is 380 g/mol. The van der Waals surface area contributed by atoms with Gasteiger partial charge in [0, 0.05) is 30.5 Å². The van der Waals surface area contributed by atoms with Gasteiger partial charge in [0.25, 0.3) is 0 Å². The molecule has 0 atom stereocenters. The van der Waals surface area contributed by atoms with E-state index in [1.165, 1.54) is 5.56 Å². The number of nitrogens with zero attached hydrogens (tertiary/aromatic N) is 4. The van der Waals surface area contributed by atoms with E-state index in [1.54, 1.807) is 24.2 Å². The van der Waals surface area contributed by atoms with Gasteiger partial charge in [0.15, 0.2) is 5.16 Å². The molecule has 0 unspecified atom stereocenters. The maximum atomic E-state index is 6.02. The average Bonchev–Trinajstić information content (AvgIpc) is 3.16. The first-order valence-corrected chi connectivity index (χ1v) is 10.6. The summed E-state index contributed by atoms with van der Waals surface area (Å²) in [6, 6.07) is 22.2. The van der Waals surface area contributed by atoms with Crippen LogP contribution in [-0.2, 0) is 18.7 Å². The molecule has 0 N–H and O–H groups in total. The van der Waals surface area contributed by atoms with Gasteiger partial charge in [-0.05, 0) is 30.7 Å². The molecule has 0 aliphatic carbocycles. The van der Waals surface area contributed by atoms with Gasteiger partial charge in [0.2, 0.25) is 0 Å². The highest BCUT2D eigenvalue weighted by Crippen LogP contribution is 2.30. The summed E-state index contributed by atoms with van der Waals surface area (Å²) in [5.74, 6) is 3.30. The van der Waals surface area contributed by atoms with Crippen molar-refractivity contribution in [3.63, 3.8) is 0 Å². The predicted octanol–water partition coefficient (Wildman–Crippen LogP) is 5.37. The molecule has 29 heavy (non-hydrogen) atoms. The Morgan fingerprint density at radius 2 is 1.76 bits per heavy atom. The Bertz CT molecular complexity index is 1050. The van der Waals surface area contributed by atoms with Crippen LogP contribution in [0.5, 0.6) is 11.5 Å². The lowest BCUT2D eigenvalue weighted by Gasteiger charge is -2.11. The third-order valence-corrected chi connectivity index (χ3v) is 5.52. The highest BCUT2D eigenvalue weighted by molar-refractivity contribution is 7.98. The smallest absolute Gasteiger partial charge is 0.191 e. The number of aromatic nitrogens is 4. The molecule has 0 amide bonds. The first-order chi connectivity index (χ1) is 14.3. The Kier molecular flexibility index (Phi) is 6.22. The Balaban J connectivity index is 1.48. The van der Waals surface area contributed by atoms with Gasteiger partial charge in [-0.2, -0.15) is 0 Å². The highest BCUT2D eigenvalue weighted by atomic mass is 32.2. The van der Waals surface area contributed by atoms with Crippen molar-refractivity contribution < 1.29 is 4.74 Å². The minimum atomic E-state index is 0.729. The van der Waals surface area contributed by atoms with Crippen LogP contribution < -0.4 is 4.74 Å². The first kappa shape index (κ1) is 19.2. The lowest BCUT2D eigenvalue weighted by atomic mass is 10.1. The van der Waals surface area contributed by atoms with Crippen LogP contribution in [-0.4, -0.2) is 19.7 Å². The van der Waals surface area contributed by atoms with Gasteiger partial charge in [0.1, 0.15) is 17.3 Å². The number of thioether (sulfide) groups is 1. The molecule has 6 heteroatoms. The zero-order valence-corrected chi connectivity index (χ0v) is 17.0. The zero-order valence-electron chi connectivity index (χ0n) is 16.2. The molecule has 0 saturated carbocycles. The molecule has 0 aliphatic rings. The van der Waals surface area contributed by atoms with Crippen LogP contribution in [0.25, 0.3) is 0 Å². The largest absolute Gasteiger partial charge is 0.455 e. The van der Waals surface area contributed by atoms with Crippen LogP contribution >= 0.6 is 11.8 Å². The van der Waals surface area contributed by atoms with Crippen molar-refractivity contribution in [2.75, 3.05) is 0 Å². The van der Waals surface area contributed by atoms with Crippen molar-refractivity contribution in [1.82, 2.24) is 19.7 Å². The lowest BCUT2D eigenvalue weighted by molar-refractivity contribution is 0.476. The quantitative estimate of drug-likeness (QED) is 0.371. The van der Waals surface area contributed by atoms with Crippen molar-refractivity contribution in [2.24, 2.45) is 0 Å². The van der Waals surface area contributed by atoms with Crippen molar-refractivity contribution >= 4 is 11.8 Å². The maximum Gasteiger partial charge on any atom is 0.191 e. The number of hydrogen-bond donors (Lipinski definition) is 0. The SMILES string of the molecule is CCn1c(Cc2ccccc2)nnc1SCc1ccccc1Oc1cccnc1. The molecule has 0 fully saturated rings. The molecule has 2 heterocycles. The molecule has 0 radical (unpaired) electrons. The minimum Gasteiger partial charge on any atom is -0.455 e. The van der Waals surface area contributed by atoms with Crippen molar-refractivity contribution in [2.45, 2.75) is 30.8 Å². The van der Waals surface area contributed by atoms with Crippen LogP contribution in [0.1, 0.15) is 23.9 Å². The van der Waals surface area contributed by atoms with E-state index in [1.807, 2.05) is 36.4 Å². The maximum absolute atomic E-state index is 6.02. The summed E-state index contributed by atoms with van der Waals surface area (Å²) < 4.78 is 8.20. The fourth-order valence-corrected chi connectivity index (χ4v) is 4.06.